The van der Waals surface area contributed by atoms with E-state index >= 15 is 0 Å². The first-order chi connectivity index (χ1) is 4.61. The monoisotopic (exact) mass is 152 g/mol. The van der Waals surface area contributed by atoms with E-state index in [9.17, 15) is 17.6 Å². The van der Waals surface area contributed by atoms with Gasteiger partial charge in [0.1, 0.15) is 23.3 Å². The molecule has 0 spiro atoms. The smallest absolute Gasteiger partial charge is 0.139 e. The molecule has 0 nitrogen and oxygen atoms in total. The average Bonchev–Trinajstić information content (AvgIpc) is 1.84. The molecule has 0 bridgehead atoms. The van der Waals surface area contributed by atoms with Gasteiger partial charge in [0, 0.05) is 0 Å². The normalized spacial score (nSPS) is 20.4. The molecule has 0 radical (unpaired) electrons. The van der Waals surface area contributed by atoms with Gasteiger partial charge in [-0.3, -0.25) is 0 Å². The second-order valence-corrected chi connectivity index (χ2v) is 1.97. The van der Waals surface area contributed by atoms with Gasteiger partial charge in [0.25, 0.3) is 0 Å². The van der Waals surface area contributed by atoms with Crippen molar-refractivity contribution < 1.29 is 17.6 Å². The van der Waals surface area contributed by atoms with Crippen LogP contribution in [0.1, 0.15) is 12.8 Å². The zero-order valence-corrected chi connectivity index (χ0v) is 4.93. The lowest BCUT2D eigenvalue weighted by atomic mass is 10.1. The predicted molar refractivity (Wildman–Crippen MR) is 27.7 cm³/mol. The summed E-state index contributed by atoms with van der Waals surface area (Å²) in [5.41, 5.74) is 0. The maximum Gasteiger partial charge on any atom is 0.139 e. The van der Waals surface area contributed by atoms with Crippen molar-refractivity contribution in [2.45, 2.75) is 12.8 Å². The molecule has 0 saturated carbocycles. The van der Waals surface area contributed by atoms with E-state index < -0.39 is 36.1 Å². The minimum Gasteiger partial charge on any atom is -0.209 e. The van der Waals surface area contributed by atoms with Gasteiger partial charge in [0.05, 0.1) is 12.8 Å². The molecule has 0 fully saturated rings. The van der Waals surface area contributed by atoms with E-state index in [1.165, 1.54) is 0 Å². The maximum atomic E-state index is 12.1. The summed E-state index contributed by atoms with van der Waals surface area (Å²) in [6.45, 7) is 0. The molecule has 1 aliphatic carbocycles. The summed E-state index contributed by atoms with van der Waals surface area (Å²) in [6, 6.07) is 0. The molecular weight excluding hydrogens is 148 g/mol. The van der Waals surface area contributed by atoms with Crippen molar-refractivity contribution in [2.24, 2.45) is 0 Å². The van der Waals surface area contributed by atoms with Crippen molar-refractivity contribution in [3.05, 3.63) is 23.3 Å². The van der Waals surface area contributed by atoms with E-state index in [0.29, 0.717) is 0 Å². The van der Waals surface area contributed by atoms with E-state index in [-0.39, 0.29) is 0 Å². The predicted octanol–water partition coefficient (Wildman–Crippen LogP) is 3.08. The summed E-state index contributed by atoms with van der Waals surface area (Å²) < 4.78 is 48.3. The van der Waals surface area contributed by atoms with E-state index in [1.54, 1.807) is 0 Å². The lowest BCUT2D eigenvalue weighted by Gasteiger charge is -2.06. The highest BCUT2D eigenvalue weighted by atomic mass is 19.2. The van der Waals surface area contributed by atoms with Crippen LogP contribution in [0.4, 0.5) is 17.6 Å². The lowest BCUT2D eigenvalue weighted by Crippen LogP contribution is -1.94. The van der Waals surface area contributed by atoms with Crippen LogP contribution in [0.25, 0.3) is 0 Å². The first kappa shape index (κ1) is 7.31. The molecule has 0 amide bonds. The maximum absolute atomic E-state index is 12.1. The summed E-state index contributed by atoms with van der Waals surface area (Å²) in [4.78, 5) is 0. The number of halogens is 4. The average molecular weight is 152 g/mol. The van der Waals surface area contributed by atoms with Crippen LogP contribution in [0.3, 0.4) is 0 Å². The van der Waals surface area contributed by atoms with Crippen molar-refractivity contribution >= 4 is 0 Å². The molecule has 4 heteroatoms. The molecule has 0 heterocycles. The van der Waals surface area contributed by atoms with Gasteiger partial charge >= 0.3 is 0 Å². The number of rotatable bonds is 0. The van der Waals surface area contributed by atoms with Crippen LogP contribution in [0.15, 0.2) is 23.3 Å². The van der Waals surface area contributed by atoms with Gasteiger partial charge in [-0.2, -0.15) is 0 Å². The molecule has 0 N–H and O–H groups in total. The summed E-state index contributed by atoms with van der Waals surface area (Å²) >= 11 is 0. The van der Waals surface area contributed by atoms with Gasteiger partial charge in [-0.15, -0.1) is 0 Å². The summed E-state index contributed by atoms with van der Waals surface area (Å²) in [5, 5.41) is 0. The largest absolute Gasteiger partial charge is 0.209 e. The second-order valence-electron chi connectivity index (χ2n) is 1.97. The molecule has 0 unspecified atom stereocenters. The molecule has 0 atom stereocenters. The van der Waals surface area contributed by atoms with Crippen molar-refractivity contribution in [3.63, 3.8) is 0 Å². The first-order valence-corrected chi connectivity index (χ1v) is 2.67. The molecule has 0 saturated heterocycles. The zero-order chi connectivity index (χ0) is 7.72. The van der Waals surface area contributed by atoms with Crippen LogP contribution in [-0.4, -0.2) is 0 Å². The van der Waals surface area contributed by atoms with Gasteiger partial charge in [0.15, 0.2) is 0 Å². The Morgan fingerprint density at radius 1 is 0.600 bits per heavy atom. The fourth-order valence-corrected chi connectivity index (χ4v) is 0.656. The summed E-state index contributed by atoms with van der Waals surface area (Å²) in [7, 11) is 0. The van der Waals surface area contributed by atoms with Crippen LogP contribution < -0.4 is 0 Å². The SMILES string of the molecule is FC1=C(F)CC(F)=C(F)C1. The molecule has 1 aliphatic rings. The Labute approximate surface area is 54.8 Å². The van der Waals surface area contributed by atoms with Crippen LogP contribution in [0, 0.1) is 0 Å². The van der Waals surface area contributed by atoms with Gasteiger partial charge in [0.2, 0.25) is 0 Å². The van der Waals surface area contributed by atoms with Crippen LogP contribution in [0.5, 0.6) is 0 Å². The lowest BCUT2D eigenvalue weighted by molar-refractivity contribution is 0.413. The number of allylic oxidation sites excluding steroid dienone is 4. The van der Waals surface area contributed by atoms with E-state index in [0.717, 1.165) is 0 Å². The highest BCUT2D eigenvalue weighted by molar-refractivity contribution is 5.21. The van der Waals surface area contributed by atoms with Crippen molar-refractivity contribution in [1.29, 1.82) is 0 Å². The zero-order valence-electron chi connectivity index (χ0n) is 4.93. The molecule has 0 aliphatic heterocycles. The van der Waals surface area contributed by atoms with Gasteiger partial charge in [-0.1, -0.05) is 0 Å². The fourth-order valence-electron chi connectivity index (χ4n) is 0.656. The highest BCUT2D eigenvalue weighted by Gasteiger charge is 2.20. The van der Waals surface area contributed by atoms with Crippen LogP contribution in [0.2, 0.25) is 0 Å². The topological polar surface area (TPSA) is 0 Å². The minimum atomic E-state index is -1.21. The van der Waals surface area contributed by atoms with E-state index in [2.05, 4.69) is 0 Å². The van der Waals surface area contributed by atoms with Crippen LogP contribution >= 0.6 is 0 Å². The highest BCUT2D eigenvalue weighted by Crippen LogP contribution is 2.32. The minimum absolute atomic E-state index is 0.877. The molecule has 0 aromatic rings. The van der Waals surface area contributed by atoms with Gasteiger partial charge in [-0.05, 0) is 0 Å². The second kappa shape index (κ2) is 2.44. The number of hydrogen-bond donors (Lipinski definition) is 0. The Morgan fingerprint density at radius 2 is 0.800 bits per heavy atom. The van der Waals surface area contributed by atoms with Crippen molar-refractivity contribution in [2.75, 3.05) is 0 Å². The van der Waals surface area contributed by atoms with Crippen LogP contribution in [-0.2, 0) is 0 Å². The molecule has 10 heavy (non-hydrogen) atoms. The standard InChI is InChI=1S/C6H4F4/c7-3-1-4(8)6(10)2-5(3)9/h1-2H2. The van der Waals surface area contributed by atoms with Gasteiger partial charge < -0.3 is 0 Å². The molecule has 1 rings (SSSR count). The Hall–Kier alpha value is -0.800. The Bertz CT molecular complexity index is 170. The molecule has 0 aromatic heterocycles. The fraction of sp³-hybridized carbons (Fsp3) is 0.333. The third-order valence-electron chi connectivity index (χ3n) is 1.21. The van der Waals surface area contributed by atoms with E-state index in [4.69, 9.17) is 0 Å². The number of hydrogen-bond acceptors (Lipinski definition) is 0. The molecular formula is C6H4F4. The first-order valence-electron chi connectivity index (χ1n) is 2.67. The van der Waals surface area contributed by atoms with Crippen molar-refractivity contribution in [1.82, 2.24) is 0 Å². The summed E-state index contributed by atoms with van der Waals surface area (Å²) in [5.74, 6) is -4.84. The Morgan fingerprint density at radius 3 is 1.00 bits per heavy atom. The Kier molecular flexibility index (Phi) is 1.78. The third-order valence-corrected chi connectivity index (χ3v) is 1.21. The molecule has 56 valence electrons. The van der Waals surface area contributed by atoms with Gasteiger partial charge in [-0.25, -0.2) is 17.6 Å². The van der Waals surface area contributed by atoms with Crippen molar-refractivity contribution in [3.8, 4) is 0 Å². The third kappa shape index (κ3) is 1.20. The van der Waals surface area contributed by atoms with E-state index in [1.807, 2.05) is 0 Å². The summed E-state index contributed by atoms with van der Waals surface area (Å²) in [6.07, 6.45) is -1.75. The quantitative estimate of drug-likeness (QED) is 0.468. The molecule has 0 aromatic carbocycles. The Balaban J connectivity index is 2.81.